The molecule has 0 atom stereocenters. The van der Waals surface area contributed by atoms with Crippen molar-refractivity contribution in [2.45, 2.75) is 0 Å². The highest BCUT2D eigenvalue weighted by Crippen LogP contribution is 2.33. The summed E-state index contributed by atoms with van der Waals surface area (Å²) in [4.78, 5) is 34.8. The highest BCUT2D eigenvalue weighted by Gasteiger charge is 2.24. The van der Waals surface area contributed by atoms with E-state index in [-0.39, 0.29) is 67.4 Å². The summed E-state index contributed by atoms with van der Waals surface area (Å²) in [7, 11) is 0. The molecule has 0 fully saturated rings. The fourth-order valence-corrected chi connectivity index (χ4v) is 4.94. The maximum absolute atomic E-state index is 10.1. The summed E-state index contributed by atoms with van der Waals surface area (Å²) < 4.78 is 5.79. The molecule has 0 spiro atoms. The molecule has 5 heterocycles. The van der Waals surface area contributed by atoms with Crippen molar-refractivity contribution in [2.24, 2.45) is 0 Å². The lowest BCUT2D eigenvalue weighted by Crippen LogP contribution is -2.15. The van der Waals surface area contributed by atoms with Crippen molar-refractivity contribution >= 4 is 55.8 Å². The molecule has 0 N–H and O–H groups in total. The normalized spacial score (nSPS) is 11.5. The fourth-order valence-electron chi connectivity index (χ4n) is 4.94. The van der Waals surface area contributed by atoms with Gasteiger partial charge in [0.05, 0.1) is 40.2 Å². The van der Waals surface area contributed by atoms with E-state index in [1.807, 2.05) is 24.3 Å². The number of aromatic nitrogens is 6. The number of fused-ring (bicyclic) bond motifs is 6. The van der Waals surface area contributed by atoms with Crippen LogP contribution in [0.2, 0.25) is 0 Å². The monoisotopic (exact) mass is 602 g/mol. The third-order valence-corrected chi connectivity index (χ3v) is 6.84. The molecule has 0 aliphatic rings. The molecule has 0 amide bonds. The van der Waals surface area contributed by atoms with Crippen molar-refractivity contribution in [3.05, 3.63) is 116 Å². The summed E-state index contributed by atoms with van der Waals surface area (Å²) in [5.41, 5.74) is -0.682. The second kappa shape index (κ2) is 11.2. The SMILES string of the molecule is [C-]#[N+]/C(c1c(C#N)nc(C#N)nc1[N+]#[C-])=c1/ccc2c3cc/c(=C(\C#N)c4c(C#N)nc([N+]#[C-])nc4C#N)nc3c3ccoc3c2n1. The average molecular weight is 602 g/mol. The van der Waals surface area contributed by atoms with E-state index in [4.69, 9.17) is 29.1 Å². The number of rotatable bonds is 2. The Balaban J connectivity index is 1.70. The van der Waals surface area contributed by atoms with Crippen molar-refractivity contribution in [2.75, 3.05) is 0 Å². The van der Waals surface area contributed by atoms with Crippen LogP contribution in [0.15, 0.2) is 41.0 Å². The Morgan fingerprint density at radius 3 is 1.87 bits per heavy atom. The molecule has 0 saturated heterocycles. The van der Waals surface area contributed by atoms with Crippen LogP contribution in [0, 0.1) is 76.4 Å². The second-order valence-electron chi connectivity index (χ2n) is 9.16. The van der Waals surface area contributed by atoms with E-state index in [2.05, 4.69) is 39.5 Å². The van der Waals surface area contributed by atoms with Gasteiger partial charge >= 0.3 is 11.8 Å². The van der Waals surface area contributed by atoms with Crippen LogP contribution in [0.1, 0.15) is 34.0 Å². The number of pyridine rings is 2. The molecule has 0 aliphatic carbocycles. The first-order valence-electron chi connectivity index (χ1n) is 12.8. The highest BCUT2D eigenvalue weighted by atomic mass is 16.3. The predicted molar refractivity (Wildman–Crippen MR) is 159 cm³/mol. The minimum Gasteiger partial charge on any atom is -0.462 e. The Bertz CT molecular complexity index is 2630. The van der Waals surface area contributed by atoms with Gasteiger partial charge in [-0.1, -0.05) is 17.6 Å². The van der Waals surface area contributed by atoms with E-state index >= 15 is 0 Å². The molecule has 0 saturated carbocycles. The van der Waals surface area contributed by atoms with Crippen LogP contribution in [-0.4, -0.2) is 29.9 Å². The minimum atomic E-state index is -0.413. The van der Waals surface area contributed by atoms with E-state index in [0.717, 1.165) is 0 Å². The van der Waals surface area contributed by atoms with Crippen LogP contribution < -0.4 is 10.7 Å². The maximum Gasteiger partial charge on any atom is 0.374 e. The molecule has 6 aromatic rings. The predicted octanol–water partition coefficient (Wildman–Crippen LogP) is 3.50. The molecule has 15 heteroatoms. The standard InChI is InChI=1S/C32H6N14O/c1-38-29(26-23(13-36)41-24(14-37)46-31(26)39-2)20-7-5-16-15-4-6-19(42-27(15)17-8-9-47-30(17)28(16)43-20)18(10-33)25-21(11-34)44-32(40-3)45-22(25)12-35/h4-9H/b19-18-,29-20-. The second-order valence-corrected chi connectivity index (χ2v) is 9.16. The van der Waals surface area contributed by atoms with E-state index < -0.39 is 5.95 Å². The maximum atomic E-state index is 10.1. The highest BCUT2D eigenvalue weighted by molar-refractivity contribution is 6.21. The van der Waals surface area contributed by atoms with Crippen molar-refractivity contribution in [1.29, 1.82) is 26.3 Å². The van der Waals surface area contributed by atoms with Gasteiger partial charge < -0.3 is 14.1 Å². The summed E-state index contributed by atoms with van der Waals surface area (Å²) in [6, 6.07) is 17.1. The first kappa shape index (κ1) is 28.5. The topological polar surface area (TPSA) is 223 Å². The van der Waals surface area contributed by atoms with Crippen molar-refractivity contribution in [1.82, 2.24) is 29.9 Å². The van der Waals surface area contributed by atoms with Gasteiger partial charge in [0, 0.05) is 21.7 Å². The van der Waals surface area contributed by atoms with Gasteiger partial charge in [0.15, 0.2) is 11.7 Å². The molecule has 210 valence electrons. The number of hydrogen-bond acceptors (Lipinski definition) is 12. The zero-order valence-electron chi connectivity index (χ0n) is 23.1. The third kappa shape index (κ3) is 4.38. The summed E-state index contributed by atoms with van der Waals surface area (Å²) in [6.45, 7) is 22.6. The molecular formula is C32H6N14O. The molecule has 47 heavy (non-hydrogen) atoms. The van der Waals surface area contributed by atoms with Crippen molar-refractivity contribution < 1.29 is 4.42 Å². The molecular weight excluding hydrogens is 596 g/mol. The van der Waals surface area contributed by atoms with E-state index in [1.165, 1.54) is 18.4 Å². The summed E-state index contributed by atoms with van der Waals surface area (Å²) >= 11 is 0. The van der Waals surface area contributed by atoms with Crippen molar-refractivity contribution in [3.8, 4) is 30.3 Å². The zero-order chi connectivity index (χ0) is 33.2. The Labute approximate surface area is 262 Å². The number of furan rings is 1. The number of nitrogens with zero attached hydrogens (tertiary/aromatic N) is 14. The van der Waals surface area contributed by atoms with Gasteiger partial charge in [-0.05, 0) is 24.3 Å². The largest absolute Gasteiger partial charge is 0.462 e. The quantitative estimate of drug-likeness (QED) is 0.205. The lowest BCUT2D eigenvalue weighted by atomic mass is 10.0. The minimum absolute atomic E-state index is 0.0832. The van der Waals surface area contributed by atoms with Crippen LogP contribution in [0.4, 0.5) is 11.8 Å². The molecule has 15 nitrogen and oxygen atoms in total. The Morgan fingerprint density at radius 2 is 1.28 bits per heavy atom. The Kier molecular flexibility index (Phi) is 6.82. The molecule has 1 aromatic carbocycles. The first-order valence-corrected chi connectivity index (χ1v) is 12.8. The summed E-state index contributed by atoms with van der Waals surface area (Å²) in [6.07, 6.45) is 1.40. The molecule has 0 bridgehead atoms. The smallest absolute Gasteiger partial charge is 0.374 e. The van der Waals surface area contributed by atoms with Gasteiger partial charge in [-0.15, -0.1) is 16.5 Å². The zero-order valence-corrected chi connectivity index (χ0v) is 23.1. The molecule has 0 aliphatic heterocycles. The number of benzene rings is 1. The molecule has 5 aromatic heterocycles. The van der Waals surface area contributed by atoms with Crippen molar-refractivity contribution in [3.63, 3.8) is 0 Å². The Hall–Kier alpha value is -8.60. The number of nitriles is 5. The fraction of sp³-hybridized carbons (Fsp3) is 0. The van der Waals surface area contributed by atoms with Crippen LogP contribution in [0.5, 0.6) is 0 Å². The van der Waals surface area contributed by atoms with Gasteiger partial charge in [-0.25, -0.2) is 9.83 Å². The molecule has 0 unspecified atom stereocenters. The molecule has 6 rings (SSSR count). The van der Waals surface area contributed by atoms with E-state index in [1.54, 1.807) is 24.3 Å². The average Bonchev–Trinajstić information content (AvgIpc) is 3.63. The van der Waals surface area contributed by atoms with Crippen LogP contribution >= 0.6 is 0 Å². The van der Waals surface area contributed by atoms with E-state index in [0.29, 0.717) is 27.2 Å². The van der Waals surface area contributed by atoms with Gasteiger partial charge in [0.25, 0.3) is 5.82 Å². The molecule has 0 radical (unpaired) electrons. The lowest BCUT2D eigenvalue weighted by molar-refractivity contribution is 0.618. The van der Waals surface area contributed by atoms with Gasteiger partial charge in [-0.2, -0.15) is 31.3 Å². The van der Waals surface area contributed by atoms with Gasteiger partial charge in [-0.3, -0.25) is 4.98 Å². The first-order chi connectivity index (χ1) is 22.9. The van der Waals surface area contributed by atoms with Crippen LogP contribution in [-0.2, 0) is 0 Å². The van der Waals surface area contributed by atoms with Gasteiger partial charge in [0.2, 0.25) is 17.1 Å². The number of hydrogen-bond donors (Lipinski definition) is 0. The third-order valence-electron chi connectivity index (χ3n) is 6.84. The van der Waals surface area contributed by atoms with Crippen LogP contribution in [0.3, 0.4) is 0 Å². The van der Waals surface area contributed by atoms with Crippen LogP contribution in [0.25, 0.3) is 58.6 Å². The Morgan fingerprint density at radius 1 is 0.638 bits per heavy atom. The van der Waals surface area contributed by atoms with E-state index in [9.17, 15) is 26.3 Å². The summed E-state index contributed by atoms with van der Waals surface area (Å²) in [5, 5.41) is 50.2. The summed E-state index contributed by atoms with van der Waals surface area (Å²) in [5.74, 6) is -1.15. The lowest BCUT2D eigenvalue weighted by Gasteiger charge is -2.08. The van der Waals surface area contributed by atoms with Gasteiger partial charge in [0.1, 0.15) is 35.5 Å².